The molecule has 0 saturated heterocycles. The molecule has 0 amide bonds. The summed E-state index contributed by atoms with van der Waals surface area (Å²) in [5, 5.41) is 0. The maximum atomic E-state index is 12.0. The van der Waals surface area contributed by atoms with Crippen LogP contribution in [0.3, 0.4) is 0 Å². The van der Waals surface area contributed by atoms with E-state index in [2.05, 4.69) is 0 Å². The molecule has 102 valence electrons. The van der Waals surface area contributed by atoms with Gasteiger partial charge in [-0.2, -0.15) is 0 Å². The number of benzene rings is 2. The van der Waals surface area contributed by atoms with Crippen LogP contribution in [0, 0.1) is 6.92 Å². The molecule has 20 heavy (non-hydrogen) atoms. The average molecular weight is 266 g/mol. The van der Waals surface area contributed by atoms with E-state index in [0.717, 1.165) is 16.9 Å². The third kappa shape index (κ3) is 3.82. The number of rotatable bonds is 5. The van der Waals surface area contributed by atoms with Gasteiger partial charge in [0.2, 0.25) is 0 Å². The number of carbonyl (C=O) groups excluding carboxylic acids is 1. The molecule has 0 radical (unpaired) electrons. The fourth-order valence-corrected chi connectivity index (χ4v) is 1.83. The van der Waals surface area contributed by atoms with Crippen molar-refractivity contribution in [3.05, 3.63) is 71.3 Å². The van der Waals surface area contributed by atoms with Crippen LogP contribution < -0.4 is 4.74 Å². The zero-order valence-electron chi connectivity index (χ0n) is 11.8. The third-order valence-corrected chi connectivity index (χ3v) is 2.95. The van der Waals surface area contributed by atoms with Gasteiger partial charge >= 0.3 is 0 Å². The Labute approximate surface area is 119 Å². The van der Waals surface area contributed by atoms with Crippen LogP contribution in [0.4, 0.5) is 0 Å². The van der Waals surface area contributed by atoms with Gasteiger partial charge in [-0.3, -0.25) is 4.79 Å². The van der Waals surface area contributed by atoms with E-state index >= 15 is 0 Å². The second-order valence-electron chi connectivity index (χ2n) is 4.57. The summed E-state index contributed by atoms with van der Waals surface area (Å²) in [4.78, 5) is 12.0. The largest absolute Gasteiger partial charge is 0.494 e. The van der Waals surface area contributed by atoms with E-state index in [1.54, 1.807) is 6.08 Å². The molecule has 0 aliphatic rings. The van der Waals surface area contributed by atoms with Crippen LogP contribution in [-0.4, -0.2) is 12.4 Å². The smallest absolute Gasteiger partial charge is 0.185 e. The summed E-state index contributed by atoms with van der Waals surface area (Å²) in [5.74, 6) is 0.855. The molecular weight excluding hydrogens is 248 g/mol. The Morgan fingerprint density at radius 3 is 2.30 bits per heavy atom. The molecule has 0 heterocycles. The predicted molar refractivity (Wildman–Crippen MR) is 82.2 cm³/mol. The van der Waals surface area contributed by atoms with Crippen molar-refractivity contribution < 1.29 is 9.53 Å². The monoisotopic (exact) mass is 266 g/mol. The molecule has 2 heteroatoms. The summed E-state index contributed by atoms with van der Waals surface area (Å²) in [6.07, 6.45) is 3.41. The Morgan fingerprint density at radius 1 is 1.05 bits per heavy atom. The van der Waals surface area contributed by atoms with E-state index in [9.17, 15) is 4.79 Å². The van der Waals surface area contributed by atoms with Crippen LogP contribution in [0.15, 0.2) is 54.6 Å². The minimum absolute atomic E-state index is 0.0129. The molecule has 2 rings (SSSR count). The molecule has 0 atom stereocenters. The Balaban J connectivity index is 2.04. The summed E-state index contributed by atoms with van der Waals surface area (Å²) in [7, 11) is 0. The molecule has 0 unspecified atom stereocenters. The van der Waals surface area contributed by atoms with Gasteiger partial charge in [-0.15, -0.1) is 0 Å². The maximum absolute atomic E-state index is 12.0. The van der Waals surface area contributed by atoms with E-state index in [-0.39, 0.29) is 5.78 Å². The second-order valence-corrected chi connectivity index (χ2v) is 4.57. The lowest BCUT2D eigenvalue weighted by atomic mass is 10.1. The number of aryl methyl sites for hydroxylation is 1. The molecule has 0 N–H and O–H groups in total. The Hall–Kier alpha value is -2.35. The van der Waals surface area contributed by atoms with Crippen molar-refractivity contribution in [3.63, 3.8) is 0 Å². The topological polar surface area (TPSA) is 26.3 Å². The van der Waals surface area contributed by atoms with Gasteiger partial charge < -0.3 is 4.74 Å². The van der Waals surface area contributed by atoms with Gasteiger partial charge in [0.15, 0.2) is 5.78 Å². The van der Waals surface area contributed by atoms with Crippen LogP contribution in [0.5, 0.6) is 5.75 Å². The fraction of sp³-hybridized carbons (Fsp3) is 0.167. The Morgan fingerprint density at radius 2 is 1.70 bits per heavy atom. The fourth-order valence-electron chi connectivity index (χ4n) is 1.83. The number of ether oxygens (including phenoxy) is 1. The van der Waals surface area contributed by atoms with Crippen molar-refractivity contribution in [2.45, 2.75) is 13.8 Å². The van der Waals surface area contributed by atoms with Crippen molar-refractivity contribution in [2.24, 2.45) is 0 Å². The molecule has 0 aromatic heterocycles. The molecule has 0 saturated carbocycles. The van der Waals surface area contributed by atoms with E-state index in [1.165, 1.54) is 0 Å². The van der Waals surface area contributed by atoms with Gasteiger partial charge in [0.25, 0.3) is 0 Å². The van der Waals surface area contributed by atoms with Crippen molar-refractivity contribution in [2.75, 3.05) is 6.61 Å². The summed E-state index contributed by atoms with van der Waals surface area (Å²) >= 11 is 0. The van der Waals surface area contributed by atoms with Crippen molar-refractivity contribution >= 4 is 11.9 Å². The van der Waals surface area contributed by atoms with Crippen molar-refractivity contribution in [3.8, 4) is 5.75 Å². The van der Waals surface area contributed by atoms with E-state index in [1.807, 2.05) is 68.5 Å². The molecule has 0 fully saturated rings. The van der Waals surface area contributed by atoms with Gasteiger partial charge in [-0.05, 0) is 37.6 Å². The summed E-state index contributed by atoms with van der Waals surface area (Å²) in [6.45, 7) is 4.61. The molecule has 2 aromatic rings. The first-order valence-electron chi connectivity index (χ1n) is 6.71. The summed E-state index contributed by atoms with van der Waals surface area (Å²) in [6, 6.07) is 15.3. The van der Waals surface area contributed by atoms with Crippen LogP contribution in [-0.2, 0) is 0 Å². The highest BCUT2D eigenvalue weighted by Crippen LogP contribution is 2.13. The Kier molecular flexibility index (Phi) is 4.72. The molecule has 2 nitrogen and oxygen atoms in total. The summed E-state index contributed by atoms with van der Waals surface area (Å²) < 4.78 is 5.38. The normalized spacial score (nSPS) is 10.7. The maximum Gasteiger partial charge on any atom is 0.185 e. The lowest BCUT2D eigenvalue weighted by Crippen LogP contribution is -1.93. The highest BCUT2D eigenvalue weighted by atomic mass is 16.5. The minimum Gasteiger partial charge on any atom is -0.494 e. The lowest BCUT2D eigenvalue weighted by molar-refractivity contribution is 0.104. The first kappa shape index (κ1) is 14.1. The zero-order valence-corrected chi connectivity index (χ0v) is 11.8. The number of ketones is 1. The number of hydrogen-bond donors (Lipinski definition) is 0. The van der Waals surface area contributed by atoms with E-state index in [4.69, 9.17) is 4.74 Å². The number of carbonyl (C=O) groups is 1. The number of allylic oxidation sites excluding steroid dienone is 1. The lowest BCUT2D eigenvalue weighted by Gasteiger charge is -2.02. The predicted octanol–water partition coefficient (Wildman–Crippen LogP) is 4.29. The molecule has 0 aliphatic carbocycles. The van der Waals surface area contributed by atoms with Crippen LogP contribution in [0.25, 0.3) is 6.08 Å². The minimum atomic E-state index is 0.0129. The van der Waals surface area contributed by atoms with Crippen molar-refractivity contribution in [1.82, 2.24) is 0 Å². The molecule has 2 aromatic carbocycles. The first-order valence-corrected chi connectivity index (χ1v) is 6.71. The van der Waals surface area contributed by atoms with Gasteiger partial charge in [0.1, 0.15) is 5.75 Å². The zero-order chi connectivity index (χ0) is 14.4. The van der Waals surface area contributed by atoms with Gasteiger partial charge in [0.05, 0.1) is 6.61 Å². The Bertz CT molecular complexity index is 592. The quantitative estimate of drug-likeness (QED) is 0.596. The highest BCUT2D eigenvalue weighted by molar-refractivity contribution is 6.06. The van der Waals surface area contributed by atoms with Gasteiger partial charge in [0, 0.05) is 5.56 Å². The first-order chi connectivity index (χ1) is 9.69. The molecule has 0 spiro atoms. The van der Waals surface area contributed by atoms with Gasteiger partial charge in [-0.25, -0.2) is 0 Å². The molecular formula is C18H18O2. The molecule has 0 bridgehead atoms. The standard InChI is InChI=1S/C18H18O2/c1-3-20-17-11-6-15(7-12-17)8-13-18(19)16-9-4-14(2)5-10-16/h4-13H,3H2,1-2H3/b13-8-. The van der Waals surface area contributed by atoms with Crippen LogP contribution >= 0.6 is 0 Å². The van der Waals surface area contributed by atoms with Crippen LogP contribution in [0.1, 0.15) is 28.4 Å². The molecule has 0 aliphatic heterocycles. The SMILES string of the molecule is CCOc1ccc(/C=C\C(=O)c2ccc(C)cc2)cc1. The van der Waals surface area contributed by atoms with Crippen molar-refractivity contribution in [1.29, 1.82) is 0 Å². The van der Waals surface area contributed by atoms with Crippen LogP contribution in [0.2, 0.25) is 0 Å². The van der Waals surface area contributed by atoms with Gasteiger partial charge in [-0.1, -0.05) is 48.0 Å². The number of hydrogen-bond acceptors (Lipinski definition) is 2. The summed E-state index contributed by atoms with van der Waals surface area (Å²) in [5.41, 5.74) is 2.84. The average Bonchev–Trinajstić information content (AvgIpc) is 2.47. The van der Waals surface area contributed by atoms with E-state index < -0.39 is 0 Å². The third-order valence-electron chi connectivity index (χ3n) is 2.95. The second kappa shape index (κ2) is 6.71. The highest BCUT2D eigenvalue weighted by Gasteiger charge is 2.00. The van der Waals surface area contributed by atoms with E-state index in [0.29, 0.717) is 12.2 Å².